The van der Waals surface area contributed by atoms with Gasteiger partial charge in [-0.3, -0.25) is 9.59 Å². The Morgan fingerprint density at radius 3 is 2.88 bits per heavy atom. The number of fused-ring (bicyclic) bond motifs is 1. The van der Waals surface area contributed by atoms with Crippen molar-refractivity contribution in [1.29, 1.82) is 0 Å². The minimum absolute atomic E-state index is 0.00750. The third-order valence-electron chi connectivity index (χ3n) is 3.35. The van der Waals surface area contributed by atoms with Gasteiger partial charge in [-0.25, -0.2) is 0 Å². The van der Waals surface area contributed by atoms with Gasteiger partial charge in [-0.15, -0.1) is 0 Å². The van der Waals surface area contributed by atoms with Crippen molar-refractivity contribution in [1.82, 2.24) is 0 Å². The van der Waals surface area contributed by atoms with Gasteiger partial charge in [-0.1, -0.05) is 22.6 Å². The van der Waals surface area contributed by atoms with E-state index in [0.29, 0.717) is 13.0 Å². The van der Waals surface area contributed by atoms with E-state index in [1.165, 1.54) is 6.92 Å². The molecule has 1 saturated carbocycles. The molecular weight excluding hydrogens is 339 g/mol. The van der Waals surface area contributed by atoms with Crippen LogP contribution >= 0.6 is 22.6 Å². The van der Waals surface area contributed by atoms with Crippen LogP contribution in [0.4, 0.5) is 0 Å². The molecule has 6 heteroatoms. The molecule has 2 aliphatic rings. The summed E-state index contributed by atoms with van der Waals surface area (Å²) in [6.07, 6.45) is 0.0272. The number of esters is 2. The molecule has 0 N–H and O–H groups in total. The first kappa shape index (κ1) is 13.1. The third-order valence-corrected chi connectivity index (χ3v) is 4.77. The van der Waals surface area contributed by atoms with Crippen LogP contribution in [0.5, 0.6) is 0 Å². The highest BCUT2D eigenvalue weighted by molar-refractivity contribution is 14.1. The van der Waals surface area contributed by atoms with Gasteiger partial charge < -0.3 is 14.2 Å². The molecule has 17 heavy (non-hydrogen) atoms. The molecule has 0 amide bonds. The zero-order valence-electron chi connectivity index (χ0n) is 9.72. The average Bonchev–Trinajstić information content (AvgIpc) is 2.71. The van der Waals surface area contributed by atoms with Crippen molar-refractivity contribution in [3.05, 3.63) is 0 Å². The second kappa shape index (κ2) is 5.09. The quantitative estimate of drug-likeness (QED) is 0.429. The maximum Gasteiger partial charge on any atom is 0.306 e. The van der Waals surface area contributed by atoms with Crippen LogP contribution < -0.4 is 0 Å². The number of ether oxygens (including phenoxy) is 3. The molecule has 2 rings (SSSR count). The standard InChI is InChI=1S/C11H15IO5/c1-5(13)16-11-7(4-15-2)6-3-8(14)17-10(6)9(11)12/h6-7,9-11H,3-4H2,1-2H3/t6-,7-,9?,10-,11+/m1/s1. The number of hydrogen-bond acceptors (Lipinski definition) is 5. The highest BCUT2D eigenvalue weighted by atomic mass is 127. The molecule has 1 aliphatic heterocycles. The Hall–Kier alpha value is -0.370. The van der Waals surface area contributed by atoms with E-state index in [-0.39, 0.29) is 39.9 Å². The summed E-state index contributed by atoms with van der Waals surface area (Å²) in [6, 6.07) is 0. The zero-order valence-corrected chi connectivity index (χ0v) is 11.9. The maximum atomic E-state index is 11.3. The van der Waals surface area contributed by atoms with Crippen molar-refractivity contribution in [3.8, 4) is 0 Å². The van der Waals surface area contributed by atoms with E-state index >= 15 is 0 Å². The molecule has 0 bridgehead atoms. The largest absolute Gasteiger partial charge is 0.461 e. The lowest BCUT2D eigenvalue weighted by molar-refractivity contribution is -0.149. The van der Waals surface area contributed by atoms with Crippen LogP contribution in [-0.2, 0) is 23.8 Å². The monoisotopic (exact) mass is 354 g/mol. The number of hydrogen-bond donors (Lipinski definition) is 0. The Morgan fingerprint density at radius 1 is 1.59 bits per heavy atom. The molecule has 1 aliphatic carbocycles. The van der Waals surface area contributed by atoms with E-state index < -0.39 is 0 Å². The number of methoxy groups -OCH3 is 1. The molecule has 1 heterocycles. The van der Waals surface area contributed by atoms with Gasteiger partial charge in [0.05, 0.1) is 17.0 Å². The molecule has 2 fully saturated rings. The van der Waals surface area contributed by atoms with E-state index in [1.54, 1.807) is 7.11 Å². The Bertz CT molecular complexity index is 332. The van der Waals surface area contributed by atoms with Crippen LogP contribution in [-0.4, -0.2) is 41.8 Å². The SMILES string of the molecule is COC[C@@H]1[C@H]2CC(=O)O[C@H]2C(I)[C@H]1OC(C)=O. The van der Waals surface area contributed by atoms with Crippen molar-refractivity contribution in [2.45, 2.75) is 29.5 Å². The molecule has 1 unspecified atom stereocenters. The molecule has 0 aromatic carbocycles. The number of carbonyl (C=O) groups is 2. The van der Waals surface area contributed by atoms with Gasteiger partial charge in [0.25, 0.3) is 0 Å². The van der Waals surface area contributed by atoms with Crippen molar-refractivity contribution in [3.63, 3.8) is 0 Å². The van der Waals surface area contributed by atoms with E-state index in [4.69, 9.17) is 14.2 Å². The van der Waals surface area contributed by atoms with E-state index in [2.05, 4.69) is 22.6 Å². The fourth-order valence-electron chi connectivity index (χ4n) is 2.71. The number of rotatable bonds is 3. The second-order valence-electron chi connectivity index (χ2n) is 4.46. The molecule has 96 valence electrons. The normalized spacial score (nSPS) is 39.9. The van der Waals surface area contributed by atoms with Crippen molar-refractivity contribution < 1.29 is 23.8 Å². The van der Waals surface area contributed by atoms with Gasteiger partial charge in [0.2, 0.25) is 0 Å². The minimum atomic E-state index is -0.302. The van der Waals surface area contributed by atoms with Crippen LogP contribution in [0, 0.1) is 11.8 Å². The number of alkyl halides is 1. The Kier molecular flexibility index (Phi) is 3.92. The lowest BCUT2D eigenvalue weighted by Crippen LogP contribution is -2.33. The van der Waals surface area contributed by atoms with Gasteiger partial charge in [0.1, 0.15) is 12.2 Å². The number of carbonyl (C=O) groups excluding carboxylic acids is 2. The molecule has 5 nitrogen and oxygen atoms in total. The van der Waals surface area contributed by atoms with E-state index in [9.17, 15) is 9.59 Å². The zero-order chi connectivity index (χ0) is 12.6. The summed E-state index contributed by atoms with van der Waals surface area (Å²) < 4.78 is 15.8. The smallest absolute Gasteiger partial charge is 0.306 e. The first-order valence-corrected chi connectivity index (χ1v) is 6.79. The lowest BCUT2D eigenvalue weighted by Gasteiger charge is -2.23. The summed E-state index contributed by atoms with van der Waals surface area (Å²) in [5, 5.41) is 0. The summed E-state index contributed by atoms with van der Waals surface area (Å²) >= 11 is 2.20. The third kappa shape index (κ3) is 2.42. The van der Waals surface area contributed by atoms with Crippen molar-refractivity contribution >= 4 is 34.5 Å². The molecular formula is C11H15IO5. The summed E-state index contributed by atoms with van der Waals surface area (Å²) in [5.74, 6) is -0.316. The van der Waals surface area contributed by atoms with Crippen molar-refractivity contribution in [2.24, 2.45) is 11.8 Å². The first-order chi connectivity index (χ1) is 8.04. The second-order valence-corrected chi connectivity index (χ2v) is 5.90. The highest BCUT2D eigenvalue weighted by Crippen LogP contribution is 2.46. The lowest BCUT2D eigenvalue weighted by atomic mass is 9.93. The van der Waals surface area contributed by atoms with Gasteiger partial charge in [-0.05, 0) is 0 Å². The summed E-state index contributed by atoms with van der Waals surface area (Å²) in [7, 11) is 1.61. The molecule has 5 atom stereocenters. The predicted octanol–water partition coefficient (Wildman–Crippen LogP) is 0.930. The molecule has 0 aromatic heterocycles. The van der Waals surface area contributed by atoms with Crippen LogP contribution in [0.25, 0.3) is 0 Å². The Morgan fingerprint density at radius 2 is 2.29 bits per heavy atom. The fourth-order valence-corrected chi connectivity index (χ4v) is 4.07. The van der Waals surface area contributed by atoms with Crippen LogP contribution in [0.15, 0.2) is 0 Å². The molecule has 0 spiro atoms. The van der Waals surface area contributed by atoms with Gasteiger partial charge in [0.15, 0.2) is 0 Å². The van der Waals surface area contributed by atoms with E-state index in [0.717, 1.165) is 0 Å². The fraction of sp³-hybridized carbons (Fsp3) is 0.818. The van der Waals surface area contributed by atoms with Crippen LogP contribution in [0.1, 0.15) is 13.3 Å². The summed E-state index contributed by atoms with van der Waals surface area (Å²) in [4.78, 5) is 22.4. The number of halogens is 1. The average molecular weight is 354 g/mol. The van der Waals surface area contributed by atoms with Crippen molar-refractivity contribution in [2.75, 3.05) is 13.7 Å². The highest BCUT2D eigenvalue weighted by Gasteiger charge is 2.56. The molecule has 0 aromatic rings. The maximum absolute atomic E-state index is 11.3. The summed E-state index contributed by atoms with van der Waals surface area (Å²) in [6.45, 7) is 1.88. The Labute approximate surface area is 113 Å². The van der Waals surface area contributed by atoms with Gasteiger partial charge in [0, 0.05) is 25.9 Å². The van der Waals surface area contributed by atoms with Crippen LogP contribution in [0.3, 0.4) is 0 Å². The predicted molar refractivity (Wildman–Crippen MR) is 66.7 cm³/mol. The summed E-state index contributed by atoms with van der Waals surface area (Å²) in [5.41, 5.74) is 0. The minimum Gasteiger partial charge on any atom is -0.461 e. The van der Waals surface area contributed by atoms with Gasteiger partial charge in [-0.2, -0.15) is 0 Å². The first-order valence-electron chi connectivity index (χ1n) is 5.54. The topological polar surface area (TPSA) is 61.8 Å². The Balaban J connectivity index is 2.16. The molecule has 0 radical (unpaired) electrons. The molecule has 1 saturated heterocycles. The van der Waals surface area contributed by atoms with Gasteiger partial charge >= 0.3 is 11.9 Å². The van der Waals surface area contributed by atoms with E-state index in [1.807, 2.05) is 0 Å². The van der Waals surface area contributed by atoms with Crippen LogP contribution in [0.2, 0.25) is 0 Å².